The number of rotatable bonds is 3. The van der Waals surface area contributed by atoms with E-state index in [1.807, 2.05) is 6.92 Å². The van der Waals surface area contributed by atoms with Crippen molar-refractivity contribution in [2.24, 2.45) is 5.73 Å². The van der Waals surface area contributed by atoms with Gasteiger partial charge in [-0.15, -0.1) is 11.6 Å². The van der Waals surface area contributed by atoms with Crippen molar-refractivity contribution < 1.29 is 0 Å². The van der Waals surface area contributed by atoms with Crippen molar-refractivity contribution in [3.8, 4) is 0 Å². The minimum atomic E-state index is -0.0563. The molecule has 1 unspecified atom stereocenters. The highest BCUT2D eigenvalue weighted by molar-refractivity contribution is 7.80. The molecule has 0 fully saturated rings. The third-order valence-electron chi connectivity index (χ3n) is 1.07. The molecule has 3 nitrogen and oxygen atoms in total. The fourth-order valence-electron chi connectivity index (χ4n) is 0.570. The van der Waals surface area contributed by atoms with Crippen LogP contribution in [0.4, 0.5) is 0 Å². The summed E-state index contributed by atoms with van der Waals surface area (Å²) in [6.45, 7) is 1.86. The fraction of sp³-hybridized carbons (Fsp3) is 0.800. The summed E-state index contributed by atoms with van der Waals surface area (Å²) in [5.74, 6) is 0. The summed E-state index contributed by atoms with van der Waals surface area (Å²) in [6, 6.07) is 0. The van der Waals surface area contributed by atoms with Crippen LogP contribution in [0.5, 0.6) is 0 Å². The van der Waals surface area contributed by atoms with Gasteiger partial charge in [-0.05, 0) is 26.2 Å². The second kappa shape index (κ2) is 4.71. The van der Waals surface area contributed by atoms with Crippen LogP contribution in [-0.4, -0.2) is 23.7 Å². The Kier molecular flexibility index (Phi) is 4.68. The van der Waals surface area contributed by atoms with Crippen molar-refractivity contribution in [2.75, 3.05) is 7.05 Å². The minimum Gasteiger partial charge on any atom is -0.376 e. The van der Waals surface area contributed by atoms with Crippen LogP contribution in [0.2, 0.25) is 0 Å². The third-order valence-corrected chi connectivity index (χ3v) is 1.44. The zero-order valence-electron chi connectivity index (χ0n) is 6.02. The van der Waals surface area contributed by atoms with Gasteiger partial charge < -0.3 is 11.1 Å². The van der Waals surface area contributed by atoms with Crippen LogP contribution in [0.3, 0.4) is 0 Å². The van der Waals surface area contributed by atoms with Crippen molar-refractivity contribution in [3.63, 3.8) is 0 Å². The van der Waals surface area contributed by atoms with Crippen molar-refractivity contribution >= 4 is 28.9 Å². The van der Waals surface area contributed by atoms with Crippen LogP contribution in [0.1, 0.15) is 6.92 Å². The standard InChI is InChI=1S/C5H12ClN3S/c1-3(6)4(8-2)9-5(7)10/h3-4,8H,1-2H3,(H3,7,9,10)/t3?,4-/m0/s1. The summed E-state index contributed by atoms with van der Waals surface area (Å²) in [7, 11) is 1.79. The van der Waals surface area contributed by atoms with Gasteiger partial charge in [0.25, 0.3) is 0 Å². The van der Waals surface area contributed by atoms with E-state index in [0.717, 1.165) is 0 Å². The van der Waals surface area contributed by atoms with E-state index in [1.165, 1.54) is 0 Å². The average Bonchev–Trinajstić information content (AvgIpc) is 1.81. The van der Waals surface area contributed by atoms with Crippen molar-refractivity contribution in [2.45, 2.75) is 18.5 Å². The summed E-state index contributed by atoms with van der Waals surface area (Å²) in [5.41, 5.74) is 5.23. The molecule has 0 aromatic carbocycles. The molecule has 4 N–H and O–H groups in total. The summed E-state index contributed by atoms with van der Waals surface area (Å²) in [4.78, 5) is 0. The van der Waals surface area contributed by atoms with Crippen molar-refractivity contribution in [1.29, 1.82) is 0 Å². The predicted molar refractivity (Wildman–Crippen MR) is 48.1 cm³/mol. The molecule has 0 heterocycles. The number of nitrogens with one attached hydrogen (secondary N) is 2. The van der Waals surface area contributed by atoms with Gasteiger partial charge in [0.15, 0.2) is 5.11 Å². The first-order valence-electron chi connectivity index (χ1n) is 2.95. The van der Waals surface area contributed by atoms with Crippen LogP contribution in [0.25, 0.3) is 0 Å². The van der Waals surface area contributed by atoms with Gasteiger partial charge >= 0.3 is 0 Å². The summed E-state index contributed by atoms with van der Waals surface area (Å²) >= 11 is 10.4. The Balaban J connectivity index is 3.71. The monoisotopic (exact) mass is 181 g/mol. The second-order valence-electron chi connectivity index (χ2n) is 1.95. The Bertz CT molecular complexity index is 117. The Labute approximate surface area is 71.3 Å². The normalized spacial score (nSPS) is 15.9. The smallest absolute Gasteiger partial charge is 0.164 e. The zero-order chi connectivity index (χ0) is 8.15. The second-order valence-corrected chi connectivity index (χ2v) is 3.08. The van der Waals surface area contributed by atoms with Gasteiger partial charge in [0.2, 0.25) is 0 Å². The molecule has 0 aliphatic heterocycles. The van der Waals surface area contributed by atoms with Crippen LogP contribution in [0, 0.1) is 0 Å². The molecule has 0 amide bonds. The molecule has 2 atom stereocenters. The van der Waals surface area contributed by atoms with Gasteiger partial charge in [0.05, 0.1) is 11.5 Å². The van der Waals surface area contributed by atoms with Crippen molar-refractivity contribution in [3.05, 3.63) is 0 Å². The van der Waals surface area contributed by atoms with E-state index < -0.39 is 0 Å². The van der Waals surface area contributed by atoms with Crippen LogP contribution in [-0.2, 0) is 0 Å². The number of alkyl halides is 1. The topological polar surface area (TPSA) is 50.1 Å². The molecule has 10 heavy (non-hydrogen) atoms. The number of nitrogens with two attached hydrogens (primary N) is 1. The van der Waals surface area contributed by atoms with Crippen molar-refractivity contribution in [1.82, 2.24) is 10.6 Å². The maximum absolute atomic E-state index is 5.75. The molecular weight excluding hydrogens is 170 g/mol. The Hall–Kier alpha value is -0.0600. The highest BCUT2D eigenvalue weighted by atomic mass is 35.5. The lowest BCUT2D eigenvalue weighted by Crippen LogP contribution is -2.50. The molecule has 0 bridgehead atoms. The maximum Gasteiger partial charge on any atom is 0.164 e. The number of hydrogen-bond donors (Lipinski definition) is 3. The number of hydrogen-bond acceptors (Lipinski definition) is 2. The van der Waals surface area contributed by atoms with Gasteiger partial charge in [0.1, 0.15) is 0 Å². The number of halogens is 1. The van der Waals surface area contributed by atoms with Gasteiger partial charge in [-0.3, -0.25) is 5.32 Å². The molecule has 0 aliphatic carbocycles. The Morgan fingerprint density at radius 3 is 2.30 bits per heavy atom. The largest absolute Gasteiger partial charge is 0.376 e. The van der Waals surface area contributed by atoms with E-state index in [-0.39, 0.29) is 16.7 Å². The molecule has 0 aromatic rings. The van der Waals surface area contributed by atoms with Crippen LogP contribution >= 0.6 is 23.8 Å². The molecule has 0 radical (unpaired) electrons. The van der Waals surface area contributed by atoms with Gasteiger partial charge in [-0.1, -0.05) is 0 Å². The molecule has 5 heteroatoms. The van der Waals surface area contributed by atoms with E-state index >= 15 is 0 Å². The van der Waals surface area contributed by atoms with Crippen LogP contribution in [0.15, 0.2) is 0 Å². The number of thiocarbonyl (C=S) groups is 1. The van der Waals surface area contributed by atoms with Gasteiger partial charge in [-0.25, -0.2) is 0 Å². The SMILES string of the molecule is CN[C@@H](NC(N)=S)C(C)Cl. The maximum atomic E-state index is 5.75. The lowest BCUT2D eigenvalue weighted by atomic mass is 10.4. The Morgan fingerprint density at radius 1 is 1.70 bits per heavy atom. The van der Waals surface area contributed by atoms with Crippen LogP contribution < -0.4 is 16.4 Å². The molecule has 0 rings (SSSR count). The molecule has 0 saturated heterocycles. The van der Waals surface area contributed by atoms with E-state index in [1.54, 1.807) is 7.05 Å². The quantitative estimate of drug-likeness (QED) is 0.326. The van der Waals surface area contributed by atoms with E-state index in [9.17, 15) is 0 Å². The van der Waals surface area contributed by atoms with E-state index in [0.29, 0.717) is 0 Å². The summed E-state index contributed by atoms with van der Waals surface area (Å²) < 4.78 is 0. The first kappa shape index (κ1) is 9.94. The summed E-state index contributed by atoms with van der Waals surface area (Å²) in [6.07, 6.45) is -0.0563. The molecule has 0 aliphatic rings. The lowest BCUT2D eigenvalue weighted by Gasteiger charge is -2.19. The highest BCUT2D eigenvalue weighted by Gasteiger charge is 2.11. The summed E-state index contributed by atoms with van der Waals surface area (Å²) in [5, 5.41) is 5.92. The van der Waals surface area contributed by atoms with E-state index in [4.69, 9.17) is 17.3 Å². The van der Waals surface area contributed by atoms with Gasteiger partial charge in [-0.2, -0.15) is 0 Å². The molecule has 0 aromatic heterocycles. The lowest BCUT2D eigenvalue weighted by molar-refractivity contribution is 0.523. The molecule has 60 valence electrons. The first-order chi connectivity index (χ1) is 4.57. The fourth-order valence-corrected chi connectivity index (χ4v) is 0.886. The van der Waals surface area contributed by atoms with Gasteiger partial charge in [0, 0.05) is 0 Å². The molecule has 0 saturated carbocycles. The first-order valence-corrected chi connectivity index (χ1v) is 3.79. The molecular formula is C5H12ClN3S. The van der Waals surface area contributed by atoms with E-state index in [2.05, 4.69) is 22.9 Å². The zero-order valence-corrected chi connectivity index (χ0v) is 7.59. The molecule has 0 spiro atoms. The minimum absolute atomic E-state index is 0.0495. The third kappa shape index (κ3) is 3.87. The average molecular weight is 182 g/mol. The highest BCUT2D eigenvalue weighted by Crippen LogP contribution is 1.96. The predicted octanol–water partition coefficient (Wildman–Crippen LogP) is -0.00760. The Morgan fingerprint density at radius 2 is 2.20 bits per heavy atom.